The Labute approximate surface area is 141 Å². The summed E-state index contributed by atoms with van der Waals surface area (Å²) < 4.78 is 0. The minimum Gasteiger partial charge on any atom is -0.351 e. The number of rotatable bonds is 6. The van der Waals surface area contributed by atoms with Crippen molar-refractivity contribution in [2.45, 2.75) is 6.42 Å². The fourth-order valence-corrected chi connectivity index (χ4v) is 2.49. The molecule has 1 heterocycles. The smallest absolute Gasteiger partial charge is 0.263 e. The summed E-state index contributed by atoms with van der Waals surface area (Å²) in [5.74, 6) is -0.0456. The lowest BCUT2D eigenvalue weighted by Crippen LogP contribution is -2.25. The van der Waals surface area contributed by atoms with Gasteiger partial charge in [-0.1, -0.05) is 30.3 Å². The minimum absolute atomic E-state index is 0. The van der Waals surface area contributed by atoms with E-state index in [1.54, 1.807) is 6.20 Å². The number of benzene rings is 1. The van der Waals surface area contributed by atoms with E-state index in [2.05, 4.69) is 15.6 Å². The molecule has 0 radical (unpaired) electrons. The summed E-state index contributed by atoms with van der Waals surface area (Å²) in [5.41, 5.74) is 1.04. The van der Waals surface area contributed by atoms with Gasteiger partial charge < -0.3 is 10.6 Å². The summed E-state index contributed by atoms with van der Waals surface area (Å²) in [6.45, 7) is 1.58. The van der Waals surface area contributed by atoms with Gasteiger partial charge in [-0.05, 0) is 20.0 Å². The average molecular weight is 348 g/mol. The molecule has 2 N–H and O–H groups in total. The molecule has 1 aromatic carbocycles. The van der Waals surface area contributed by atoms with Crippen LogP contribution in [0.1, 0.15) is 16.1 Å². The van der Waals surface area contributed by atoms with E-state index in [1.165, 1.54) is 11.3 Å². The molecule has 116 valence electrons. The molecule has 0 saturated carbocycles. The van der Waals surface area contributed by atoms with Crippen LogP contribution >= 0.6 is 36.2 Å². The first-order valence-electron chi connectivity index (χ1n) is 6.25. The second-order valence-corrected chi connectivity index (χ2v) is 5.14. The summed E-state index contributed by atoms with van der Waals surface area (Å²) >= 11 is 1.42. The average Bonchev–Trinajstić information content (AvgIpc) is 2.94. The Morgan fingerprint density at radius 2 is 1.90 bits per heavy atom. The van der Waals surface area contributed by atoms with Crippen molar-refractivity contribution in [1.82, 2.24) is 15.6 Å². The zero-order chi connectivity index (χ0) is 13.5. The molecule has 1 amide bonds. The molecule has 0 aliphatic rings. The van der Waals surface area contributed by atoms with Crippen molar-refractivity contribution in [2.24, 2.45) is 0 Å². The molecule has 1 aromatic heterocycles. The van der Waals surface area contributed by atoms with E-state index in [0.29, 0.717) is 11.4 Å². The molecular weight excluding hydrogens is 329 g/mol. The summed E-state index contributed by atoms with van der Waals surface area (Å²) in [7, 11) is 1.90. The number of nitrogens with one attached hydrogen (secondary N) is 2. The van der Waals surface area contributed by atoms with Gasteiger partial charge in [-0.3, -0.25) is 4.79 Å². The van der Waals surface area contributed by atoms with Crippen LogP contribution in [0.15, 0.2) is 36.5 Å². The monoisotopic (exact) mass is 347 g/mol. The van der Waals surface area contributed by atoms with Gasteiger partial charge in [-0.2, -0.15) is 0 Å². The van der Waals surface area contributed by atoms with Crippen molar-refractivity contribution >= 4 is 42.1 Å². The van der Waals surface area contributed by atoms with Gasteiger partial charge in [0, 0.05) is 12.1 Å². The first-order chi connectivity index (χ1) is 9.31. The quantitative estimate of drug-likeness (QED) is 0.789. The number of halogens is 2. The van der Waals surface area contributed by atoms with Gasteiger partial charge in [0.25, 0.3) is 5.91 Å². The number of carbonyl (C=O) groups excluding carboxylic acids is 1. The van der Waals surface area contributed by atoms with Crippen molar-refractivity contribution < 1.29 is 4.79 Å². The molecule has 4 nitrogen and oxygen atoms in total. The standard InChI is InChI=1S/C14H17N3OS.2ClH/c1-15-8-5-9-16-13(18)12-10-17-14(19-12)11-6-3-2-4-7-11;;/h2-4,6-7,10,15H,5,8-9H2,1H3,(H,16,18);2*1H. The number of aromatic nitrogens is 1. The fourth-order valence-electron chi connectivity index (χ4n) is 1.65. The highest BCUT2D eigenvalue weighted by Gasteiger charge is 2.10. The molecular formula is C14H19Cl2N3OS. The number of amides is 1. The Hall–Kier alpha value is -1.14. The minimum atomic E-state index is -0.0456. The summed E-state index contributed by atoms with van der Waals surface area (Å²) in [5, 5.41) is 6.81. The maximum absolute atomic E-state index is 11.9. The van der Waals surface area contributed by atoms with E-state index in [0.717, 1.165) is 23.5 Å². The van der Waals surface area contributed by atoms with Gasteiger partial charge in [-0.25, -0.2) is 4.98 Å². The zero-order valence-corrected chi connectivity index (χ0v) is 14.1. The van der Waals surface area contributed by atoms with E-state index < -0.39 is 0 Å². The van der Waals surface area contributed by atoms with Gasteiger partial charge in [0.15, 0.2) is 0 Å². The number of carbonyl (C=O) groups is 1. The van der Waals surface area contributed by atoms with Crippen LogP contribution < -0.4 is 10.6 Å². The topological polar surface area (TPSA) is 54.0 Å². The molecule has 0 bridgehead atoms. The first-order valence-corrected chi connectivity index (χ1v) is 7.07. The molecule has 0 atom stereocenters. The molecule has 0 spiro atoms. The number of hydrogen-bond acceptors (Lipinski definition) is 4. The first kappa shape index (κ1) is 19.9. The maximum atomic E-state index is 11.9. The highest BCUT2D eigenvalue weighted by Crippen LogP contribution is 2.24. The summed E-state index contributed by atoms with van der Waals surface area (Å²) in [6.07, 6.45) is 2.56. The molecule has 0 saturated heterocycles. The lowest BCUT2D eigenvalue weighted by atomic mass is 10.2. The SMILES string of the molecule is CNCCCNC(=O)c1cnc(-c2ccccc2)s1.Cl.Cl. The summed E-state index contributed by atoms with van der Waals surface area (Å²) in [6, 6.07) is 9.88. The van der Waals surface area contributed by atoms with Gasteiger partial charge >= 0.3 is 0 Å². The van der Waals surface area contributed by atoms with Crippen molar-refractivity contribution in [3.05, 3.63) is 41.4 Å². The van der Waals surface area contributed by atoms with Crippen LogP contribution in [0.5, 0.6) is 0 Å². The van der Waals surface area contributed by atoms with Crippen molar-refractivity contribution in [2.75, 3.05) is 20.1 Å². The van der Waals surface area contributed by atoms with E-state index in [1.807, 2.05) is 37.4 Å². The van der Waals surface area contributed by atoms with Crippen LogP contribution in [-0.4, -0.2) is 31.0 Å². The predicted octanol–water partition coefficient (Wildman–Crippen LogP) is 2.99. The second kappa shape index (κ2) is 10.6. The lowest BCUT2D eigenvalue weighted by molar-refractivity contribution is 0.0957. The van der Waals surface area contributed by atoms with Crippen LogP contribution in [0, 0.1) is 0 Å². The molecule has 0 aliphatic carbocycles. The van der Waals surface area contributed by atoms with Crippen LogP contribution in [0.2, 0.25) is 0 Å². The Morgan fingerprint density at radius 1 is 1.19 bits per heavy atom. The van der Waals surface area contributed by atoms with Gasteiger partial charge in [0.2, 0.25) is 0 Å². The Kier molecular flexibility index (Phi) is 9.99. The molecule has 0 unspecified atom stereocenters. The van der Waals surface area contributed by atoms with E-state index >= 15 is 0 Å². The molecule has 0 aliphatic heterocycles. The van der Waals surface area contributed by atoms with Crippen molar-refractivity contribution in [1.29, 1.82) is 0 Å². The third-order valence-electron chi connectivity index (χ3n) is 2.64. The van der Waals surface area contributed by atoms with Crippen LogP contribution in [0.3, 0.4) is 0 Å². The maximum Gasteiger partial charge on any atom is 0.263 e. The summed E-state index contributed by atoms with van der Waals surface area (Å²) in [4.78, 5) is 16.8. The number of nitrogens with zero attached hydrogens (tertiary/aromatic N) is 1. The third-order valence-corrected chi connectivity index (χ3v) is 3.68. The Morgan fingerprint density at radius 3 is 2.57 bits per heavy atom. The molecule has 7 heteroatoms. The van der Waals surface area contributed by atoms with Crippen molar-refractivity contribution in [3.63, 3.8) is 0 Å². The van der Waals surface area contributed by atoms with Gasteiger partial charge in [0.1, 0.15) is 9.88 Å². The predicted molar refractivity (Wildman–Crippen MR) is 92.9 cm³/mol. The zero-order valence-electron chi connectivity index (χ0n) is 11.7. The number of hydrogen-bond donors (Lipinski definition) is 2. The van der Waals surface area contributed by atoms with Gasteiger partial charge in [-0.15, -0.1) is 36.2 Å². The lowest BCUT2D eigenvalue weighted by Gasteiger charge is -2.02. The van der Waals surface area contributed by atoms with Crippen LogP contribution in [0.25, 0.3) is 10.6 Å². The van der Waals surface area contributed by atoms with Crippen LogP contribution in [-0.2, 0) is 0 Å². The normalized spacial score (nSPS) is 9.38. The molecule has 0 fully saturated rings. The Balaban J connectivity index is 0.00000200. The molecule has 2 rings (SSSR count). The van der Waals surface area contributed by atoms with E-state index in [-0.39, 0.29) is 30.7 Å². The fraction of sp³-hybridized carbons (Fsp3) is 0.286. The van der Waals surface area contributed by atoms with Gasteiger partial charge in [0.05, 0.1) is 6.20 Å². The third kappa shape index (κ3) is 6.01. The molecule has 2 aromatic rings. The van der Waals surface area contributed by atoms with Crippen LogP contribution in [0.4, 0.5) is 0 Å². The largest absolute Gasteiger partial charge is 0.351 e. The Bertz CT molecular complexity index is 534. The molecule has 21 heavy (non-hydrogen) atoms. The van der Waals surface area contributed by atoms with E-state index in [9.17, 15) is 4.79 Å². The number of thiazole rings is 1. The van der Waals surface area contributed by atoms with E-state index in [4.69, 9.17) is 0 Å². The highest BCUT2D eigenvalue weighted by atomic mass is 35.5. The van der Waals surface area contributed by atoms with Crippen molar-refractivity contribution in [3.8, 4) is 10.6 Å². The highest BCUT2D eigenvalue weighted by molar-refractivity contribution is 7.16. The second-order valence-electron chi connectivity index (χ2n) is 4.11.